The third-order valence-electron chi connectivity index (χ3n) is 4.19. The van der Waals surface area contributed by atoms with E-state index in [2.05, 4.69) is 4.98 Å². The van der Waals surface area contributed by atoms with E-state index in [0.29, 0.717) is 11.1 Å². The molecule has 0 radical (unpaired) electrons. The second kappa shape index (κ2) is 7.85. The van der Waals surface area contributed by atoms with E-state index in [1.54, 1.807) is 18.2 Å². The van der Waals surface area contributed by atoms with Gasteiger partial charge in [0, 0.05) is 29.4 Å². The summed E-state index contributed by atoms with van der Waals surface area (Å²) in [4.78, 5) is 18.5. The van der Waals surface area contributed by atoms with Gasteiger partial charge in [-0.15, -0.1) is 0 Å². The topological polar surface area (TPSA) is 51.7 Å². The second-order valence-electron chi connectivity index (χ2n) is 6.07. The fraction of sp³-hybridized carbons (Fsp3) is 0.100. The third kappa shape index (κ3) is 3.83. The number of benzene rings is 2. The van der Waals surface area contributed by atoms with Crippen molar-refractivity contribution in [1.82, 2.24) is 4.98 Å². The minimum atomic E-state index is -0.883. The number of hydrogen-bond acceptors (Lipinski definition) is 4. The summed E-state index contributed by atoms with van der Waals surface area (Å²) in [6, 6.07) is 9.41. The number of hydrogen-bond donors (Lipinski definition) is 0. The molecule has 0 atom stereocenters. The van der Waals surface area contributed by atoms with Gasteiger partial charge in [-0.05, 0) is 24.3 Å². The van der Waals surface area contributed by atoms with Crippen molar-refractivity contribution >= 4 is 34.8 Å². The molecule has 3 aromatic rings. The molecule has 0 spiro atoms. The first-order chi connectivity index (χ1) is 13.9. The van der Waals surface area contributed by atoms with Crippen LogP contribution < -0.4 is 14.4 Å². The zero-order valence-electron chi connectivity index (χ0n) is 14.7. The van der Waals surface area contributed by atoms with Crippen molar-refractivity contribution in [2.24, 2.45) is 0 Å². The van der Waals surface area contributed by atoms with Gasteiger partial charge in [-0.1, -0.05) is 23.2 Å². The Morgan fingerprint density at radius 3 is 2.83 bits per heavy atom. The number of halogens is 4. The quantitative estimate of drug-likeness (QED) is 0.543. The number of anilines is 1. The Morgan fingerprint density at radius 1 is 1.17 bits per heavy atom. The molecule has 1 amide bonds. The number of amides is 1. The molecule has 0 saturated carbocycles. The Morgan fingerprint density at radius 2 is 2.00 bits per heavy atom. The van der Waals surface area contributed by atoms with Crippen LogP contribution in [0.25, 0.3) is 0 Å². The summed E-state index contributed by atoms with van der Waals surface area (Å²) in [5.74, 6) is -2.25. The van der Waals surface area contributed by atoms with Crippen molar-refractivity contribution in [2.75, 3.05) is 18.1 Å². The van der Waals surface area contributed by atoms with Crippen LogP contribution in [0, 0.1) is 11.6 Å². The Hall–Kier alpha value is -2.90. The number of carbonyl (C=O) groups is 1. The van der Waals surface area contributed by atoms with Crippen molar-refractivity contribution in [2.45, 2.75) is 0 Å². The molecule has 0 fully saturated rings. The number of rotatable bonds is 3. The fourth-order valence-corrected chi connectivity index (χ4v) is 3.22. The maximum absolute atomic E-state index is 14.1. The fourth-order valence-electron chi connectivity index (χ4n) is 2.90. The van der Waals surface area contributed by atoms with Gasteiger partial charge < -0.3 is 14.4 Å². The van der Waals surface area contributed by atoms with E-state index in [9.17, 15) is 13.6 Å². The van der Waals surface area contributed by atoms with Crippen LogP contribution in [-0.2, 0) is 0 Å². The number of aromatic nitrogens is 1. The van der Waals surface area contributed by atoms with E-state index >= 15 is 0 Å². The van der Waals surface area contributed by atoms with Gasteiger partial charge >= 0.3 is 0 Å². The van der Waals surface area contributed by atoms with E-state index in [-0.39, 0.29) is 46.8 Å². The molecule has 9 heteroatoms. The molecule has 0 N–H and O–H groups in total. The van der Waals surface area contributed by atoms with Crippen LogP contribution in [0.4, 0.5) is 14.5 Å². The molecule has 2 aromatic carbocycles. The van der Waals surface area contributed by atoms with Crippen LogP contribution in [0.5, 0.6) is 17.4 Å². The number of pyridine rings is 1. The summed E-state index contributed by atoms with van der Waals surface area (Å²) in [5.41, 5.74) is 0.0791. The van der Waals surface area contributed by atoms with Crippen LogP contribution in [0.1, 0.15) is 10.4 Å². The van der Waals surface area contributed by atoms with E-state index in [1.165, 1.54) is 23.2 Å². The lowest BCUT2D eigenvalue weighted by Gasteiger charge is -2.30. The number of fused-ring (bicyclic) bond motifs is 1. The molecule has 5 nitrogen and oxygen atoms in total. The highest BCUT2D eigenvalue weighted by Crippen LogP contribution is 2.37. The summed E-state index contributed by atoms with van der Waals surface area (Å²) < 4.78 is 38.8. The molecule has 148 valence electrons. The molecule has 0 saturated heterocycles. The SMILES string of the molecule is O=C(c1cccnc1Oc1cc(Cl)ccc1Cl)N1CCOc2c(F)cc(F)cc21. The predicted octanol–water partition coefficient (Wildman–Crippen LogP) is 5.50. The third-order valence-corrected chi connectivity index (χ3v) is 4.73. The smallest absolute Gasteiger partial charge is 0.264 e. The monoisotopic (exact) mass is 436 g/mol. The average Bonchev–Trinajstić information content (AvgIpc) is 2.70. The first-order valence-electron chi connectivity index (χ1n) is 8.45. The normalized spacial score (nSPS) is 12.9. The molecule has 0 bridgehead atoms. The Kier molecular flexibility index (Phi) is 5.25. The van der Waals surface area contributed by atoms with E-state index in [1.807, 2.05) is 0 Å². The maximum Gasteiger partial charge on any atom is 0.264 e. The zero-order chi connectivity index (χ0) is 20.5. The van der Waals surface area contributed by atoms with Gasteiger partial charge in [0.1, 0.15) is 23.7 Å². The number of nitrogens with zero attached hydrogens (tertiary/aromatic N) is 2. The Balaban J connectivity index is 1.72. The molecule has 4 rings (SSSR count). The van der Waals surface area contributed by atoms with Crippen LogP contribution in [0.3, 0.4) is 0 Å². The number of ether oxygens (including phenoxy) is 2. The van der Waals surface area contributed by atoms with Crippen molar-refractivity contribution in [1.29, 1.82) is 0 Å². The van der Waals surface area contributed by atoms with Crippen molar-refractivity contribution < 1.29 is 23.0 Å². The first kappa shape index (κ1) is 19.4. The first-order valence-corrected chi connectivity index (χ1v) is 9.21. The standard InChI is InChI=1S/C20H12Cl2F2N2O3/c21-11-3-4-14(22)17(8-11)29-19-13(2-1-5-25-19)20(27)26-6-7-28-18-15(24)9-12(23)10-16(18)26/h1-5,8-10H,6-7H2. The van der Waals surface area contributed by atoms with Crippen molar-refractivity contribution in [3.63, 3.8) is 0 Å². The van der Waals surface area contributed by atoms with E-state index in [0.717, 1.165) is 6.07 Å². The van der Waals surface area contributed by atoms with Crippen LogP contribution in [-0.4, -0.2) is 24.0 Å². The zero-order valence-corrected chi connectivity index (χ0v) is 16.2. The van der Waals surface area contributed by atoms with Gasteiger partial charge in [0.15, 0.2) is 11.6 Å². The van der Waals surface area contributed by atoms with Gasteiger partial charge in [0.2, 0.25) is 5.88 Å². The summed E-state index contributed by atoms with van der Waals surface area (Å²) in [7, 11) is 0. The molecular weight excluding hydrogens is 425 g/mol. The molecule has 2 heterocycles. The van der Waals surface area contributed by atoms with Crippen LogP contribution >= 0.6 is 23.2 Å². The lowest BCUT2D eigenvalue weighted by Crippen LogP contribution is -2.38. The van der Waals surface area contributed by atoms with Gasteiger partial charge in [-0.2, -0.15) is 0 Å². The van der Waals surface area contributed by atoms with Crippen molar-refractivity contribution in [3.8, 4) is 17.4 Å². The van der Waals surface area contributed by atoms with Gasteiger partial charge in [-0.3, -0.25) is 4.79 Å². The highest BCUT2D eigenvalue weighted by molar-refractivity contribution is 6.34. The van der Waals surface area contributed by atoms with Crippen LogP contribution in [0.15, 0.2) is 48.7 Å². The lowest BCUT2D eigenvalue weighted by atomic mass is 10.1. The summed E-state index contributed by atoms with van der Waals surface area (Å²) in [6.45, 7) is 0.152. The Bertz CT molecular complexity index is 1110. The molecule has 0 aliphatic carbocycles. The molecule has 29 heavy (non-hydrogen) atoms. The van der Waals surface area contributed by atoms with E-state index in [4.69, 9.17) is 32.7 Å². The minimum absolute atomic E-state index is 0.00524. The van der Waals surface area contributed by atoms with Crippen molar-refractivity contribution in [3.05, 3.63) is 75.9 Å². The largest absolute Gasteiger partial charge is 0.486 e. The Labute approximate surface area is 174 Å². The van der Waals surface area contributed by atoms with Crippen LogP contribution in [0.2, 0.25) is 10.0 Å². The summed E-state index contributed by atoms with van der Waals surface area (Å²) >= 11 is 12.1. The number of carbonyl (C=O) groups excluding carboxylic acids is 1. The molecule has 1 aromatic heterocycles. The van der Waals surface area contributed by atoms with Gasteiger partial charge in [0.25, 0.3) is 5.91 Å². The lowest BCUT2D eigenvalue weighted by molar-refractivity contribution is 0.0973. The molecule has 1 aliphatic heterocycles. The molecule has 0 unspecified atom stereocenters. The predicted molar refractivity (Wildman–Crippen MR) is 104 cm³/mol. The maximum atomic E-state index is 14.1. The second-order valence-corrected chi connectivity index (χ2v) is 6.92. The molecule has 1 aliphatic rings. The van der Waals surface area contributed by atoms with Gasteiger partial charge in [-0.25, -0.2) is 13.8 Å². The average molecular weight is 437 g/mol. The minimum Gasteiger partial charge on any atom is -0.486 e. The van der Waals surface area contributed by atoms with Gasteiger partial charge in [0.05, 0.1) is 17.3 Å². The van der Waals surface area contributed by atoms with E-state index < -0.39 is 17.5 Å². The molecular formula is C20H12Cl2F2N2O3. The summed E-state index contributed by atoms with van der Waals surface area (Å²) in [6.07, 6.45) is 1.44. The highest BCUT2D eigenvalue weighted by atomic mass is 35.5. The highest BCUT2D eigenvalue weighted by Gasteiger charge is 2.30. The summed E-state index contributed by atoms with van der Waals surface area (Å²) in [5, 5.41) is 0.667.